The Bertz CT molecular complexity index is 907. The number of hydrogen-bond acceptors (Lipinski definition) is 3. The quantitative estimate of drug-likeness (QED) is 0.665. The van der Waals surface area contributed by atoms with E-state index in [-0.39, 0.29) is 12.2 Å². The molecule has 118 valence electrons. The maximum Gasteiger partial charge on any atom is 0.168 e. The molecule has 0 radical (unpaired) electrons. The van der Waals surface area contributed by atoms with Crippen LogP contribution in [0.2, 0.25) is 5.02 Å². The number of nitrogens with zero attached hydrogens (tertiary/aromatic N) is 3. The summed E-state index contributed by atoms with van der Waals surface area (Å²) in [6.45, 7) is 0.651. The molecule has 0 aliphatic rings. The van der Waals surface area contributed by atoms with Gasteiger partial charge in [-0.15, -0.1) is 0 Å². The first kappa shape index (κ1) is 16.0. The fraction of sp³-hybridized carbons (Fsp3) is 0.105. The second kappa shape index (κ2) is 7.12. The summed E-state index contributed by atoms with van der Waals surface area (Å²) in [6.07, 6.45) is 3.80. The van der Waals surface area contributed by atoms with Gasteiger partial charge in [-0.05, 0) is 29.8 Å². The first-order valence-corrected chi connectivity index (χ1v) is 7.80. The second-order valence-electron chi connectivity index (χ2n) is 5.46. The van der Waals surface area contributed by atoms with Gasteiger partial charge in [0.15, 0.2) is 5.78 Å². The molecule has 1 heterocycles. The van der Waals surface area contributed by atoms with Crippen molar-refractivity contribution in [2.75, 3.05) is 0 Å². The second-order valence-corrected chi connectivity index (χ2v) is 5.89. The molecule has 2 aromatic carbocycles. The van der Waals surface area contributed by atoms with Crippen LogP contribution in [0.4, 0.5) is 0 Å². The van der Waals surface area contributed by atoms with Crippen LogP contribution < -0.4 is 0 Å². The normalized spacial score (nSPS) is 10.3. The number of ketones is 1. The van der Waals surface area contributed by atoms with Gasteiger partial charge in [0.05, 0.1) is 30.1 Å². The van der Waals surface area contributed by atoms with Crippen LogP contribution in [0.15, 0.2) is 61.1 Å². The molecule has 0 spiro atoms. The third-order valence-corrected chi connectivity index (χ3v) is 3.85. The molecule has 5 heteroatoms. The highest BCUT2D eigenvalue weighted by Crippen LogP contribution is 2.13. The zero-order valence-corrected chi connectivity index (χ0v) is 13.6. The van der Waals surface area contributed by atoms with Crippen LogP contribution in [-0.2, 0) is 13.0 Å². The first-order chi connectivity index (χ1) is 11.6. The third kappa shape index (κ3) is 3.89. The molecule has 0 aliphatic carbocycles. The van der Waals surface area contributed by atoms with Gasteiger partial charge in [-0.25, -0.2) is 4.98 Å². The lowest BCUT2D eigenvalue weighted by Gasteiger charge is -2.02. The fourth-order valence-electron chi connectivity index (χ4n) is 2.43. The molecule has 1 aromatic heterocycles. The van der Waals surface area contributed by atoms with Crippen molar-refractivity contribution in [2.24, 2.45) is 0 Å². The Morgan fingerprint density at radius 3 is 2.71 bits per heavy atom. The molecule has 0 saturated carbocycles. The van der Waals surface area contributed by atoms with Crippen molar-refractivity contribution in [3.63, 3.8) is 0 Å². The Morgan fingerprint density at radius 1 is 1.21 bits per heavy atom. The highest BCUT2D eigenvalue weighted by Gasteiger charge is 2.09. The third-order valence-electron chi connectivity index (χ3n) is 3.62. The van der Waals surface area contributed by atoms with Gasteiger partial charge in [0.2, 0.25) is 0 Å². The smallest absolute Gasteiger partial charge is 0.168 e. The van der Waals surface area contributed by atoms with Crippen LogP contribution in [0.1, 0.15) is 27.2 Å². The largest absolute Gasteiger partial charge is 0.333 e. The molecule has 0 N–H and O–H groups in total. The molecule has 0 unspecified atom stereocenters. The number of imidazole rings is 1. The minimum absolute atomic E-state index is 0.0208. The van der Waals surface area contributed by atoms with Gasteiger partial charge in [0.1, 0.15) is 0 Å². The lowest BCUT2D eigenvalue weighted by atomic mass is 10.1. The van der Waals surface area contributed by atoms with Crippen molar-refractivity contribution in [3.05, 3.63) is 88.5 Å². The van der Waals surface area contributed by atoms with E-state index < -0.39 is 0 Å². The van der Waals surface area contributed by atoms with E-state index >= 15 is 0 Å². The number of nitriles is 1. The average Bonchev–Trinajstić information content (AvgIpc) is 3.02. The first-order valence-electron chi connectivity index (χ1n) is 7.42. The molecular weight excluding hydrogens is 322 g/mol. The lowest BCUT2D eigenvalue weighted by Crippen LogP contribution is -2.04. The van der Waals surface area contributed by atoms with E-state index in [1.807, 2.05) is 41.1 Å². The Labute approximate surface area is 145 Å². The molecule has 0 amide bonds. The number of Topliss-reactive ketones (excluding diaryl/α,β-unsaturated/α-hetero) is 1. The van der Waals surface area contributed by atoms with Crippen molar-refractivity contribution in [1.82, 2.24) is 9.55 Å². The zero-order valence-electron chi connectivity index (χ0n) is 12.8. The van der Waals surface area contributed by atoms with Gasteiger partial charge in [0, 0.05) is 23.3 Å². The van der Waals surface area contributed by atoms with Gasteiger partial charge in [0.25, 0.3) is 0 Å². The molecule has 4 nitrogen and oxygen atoms in total. The summed E-state index contributed by atoms with van der Waals surface area (Å²) in [5.74, 6) is -0.0208. The van der Waals surface area contributed by atoms with Crippen LogP contribution >= 0.6 is 11.6 Å². The lowest BCUT2D eigenvalue weighted by molar-refractivity contribution is 0.0992. The number of hydrogen-bond donors (Lipinski definition) is 0. The summed E-state index contributed by atoms with van der Waals surface area (Å²) in [5, 5.41) is 9.49. The Balaban J connectivity index is 1.67. The highest BCUT2D eigenvalue weighted by atomic mass is 35.5. The Hall–Kier alpha value is -2.90. The van der Waals surface area contributed by atoms with Gasteiger partial charge in [-0.2, -0.15) is 5.26 Å². The molecule has 24 heavy (non-hydrogen) atoms. The monoisotopic (exact) mass is 335 g/mol. The molecular formula is C19H14ClN3O. The van der Waals surface area contributed by atoms with Gasteiger partial charge in [-0.1, -0.05) is 35.9 Å². The summed E-state index contributed by atoms with van der Waals surface area (Å²) < 4.78 is 1.92. The van der Waals surface area contributed by atoms with E-state index in [0.717, 1.165) is 5.56 Å². The van der Waals surface area contributed by atoms with Crippen LogP contribution in [-0.4, -0.2) is 15.3 Å². The van der Waals surface area contributed by atoms with Gasteiger partial charge in [-0.3, -0.25) is 4.79 Å². The number of aromatic nitrogens is 2. The van der Waals surface area contributed by atoms with Crippen LogP contribution in [0.3, 0.4) is 0 Å². The molecule has 0 atom stereocenters. The van der Waals surface area contributed by atoms with Crippen molar-refractivity contribution < 1.29 is 4.79 Å². The Morgan fingerprint density at radius 2 is 2.00 bits per heavy atom. The zero-order chi connectivity index (χ0) is 16.9. The van der Waals surface area contributed by atoms with Crippen molar-refractivity contribution in [3.8, 4) is 6.07 Å². The summed E-state index contributed by atoms with van der Waals surface area (Å²) >= 11 is 5.98. The van der Waals surface area contributed by atoms with E-state index in [2.05, 4.69) is 4.98 Å². The Kier molecular flexibility index (Phi) is 4.74. The summed E-state index contributed by atoms with van der Waals surface area (Å²) in [7, 11) is 0. The number of carbonyl (C=O) groups is 1. The number of carbonyl (C=O) groups excluding carboxylic acids is 1. The van der Waals surface area contributed by atoms with Crippen molar-refractivity contribution in [1.29, 1.82) is 5.26 Å². The minimum atomic E-state index is -0.0208. The predicted octanol–water partition coefficient (Wildman–Crippen LogP) is 3.88. The summed E-state index contributed by atoms with van der Waals surface area (Å²) in [6, 6.07) is 16.3. The SMILES string of the molecule is N#Cc1ccc(C(=O)Cc2cn(Cc3cccc(Cl)c3)cn2)cc1. The maximum atomic E-state index is 12.3. The molecule has 0 saturated heterocycles. The molecule has 0 bridgehead atoms. The van der Waals surface area contributed by atoms with Crippen LogP contribution in [0, 0.1) is 11.3 Å². The van der Waals surface area contributed by atoms with E-state index in [1.54, 1.807) is 30.6 Å². The highest BCUT2D eigenvalue weighted by molar-refractivity contribution is 6.30. The molecule has 0 aliphatic heterocycles. The van der Waals surface area contributed by atoms with Crippen molar-refractivity contribution >= 4 is 17.4 Å². The minimum Gasteiger partial charge on any atom is -0.333 e. The predicted molar refractivity (Wildman–Crippen MR) is 92.0 cm³/mol. The standard InChI is InChI=1S/C19H14ClN3O/c20-17-3-1-2-15(8-17)11-23-12-18(22-13-23)9-19(24)16-6-4-14(10-21)5-7-16/h1-8,12-13H,9,11H2. The van der Waals surface area contributed by atoms with E-state index in [1.165, 1.54) is 0 Å². The molecule has 0 fully saturated rings. The topological polar surface area (TPSA) is 58.7 Å². The van der Waals surface area contributed by atoms with E-state index in [4.69, 9.17) is 16.9 Å². The molecule has 3 rings (SSSR count). The maximum absolute atomic E-state index is 12.3. The van der Waals surface area contributed by atoms with Gasteiger partial charge >= 0.3 is 0 Å². The number of halogens is 1. The fourth-order valence-corrected chi connectivity index (χ4v) is 2.64. The molecule has 3 aromatic rings. The summed E-state index contributed by atoms with van der Waals surface area (Å²) in [4.78, 5) is 16.6. The number of benzene rings is 2. The van der Waals surface area contributed by atoms with Crippen LogP contribution in [0.5, 0.6) is 0 Å². The number of rotatable bonds is 5. The van der Waals surface area contributed by atoms with E-state index in [9.17, 15) is 4.79 Å². The van der Waals surface area contributed by atoms with Gasteiger partial charge < -0.3 is 4.57 Å². The summed E-state index contributed by atoms with van der Waals surface area (Å²) in [5.41, 5.74) is 2.91. The van der Waals surface area contributed by atoms with E-state index in [0.29, 0.717) is 28.4 Å². The average molecular weight is 336 g/mol. The van der Waals surface area contributed by atoms with Crippen molar-refractivity contribution in [2.45, 2.75) is 13.0 Å². The van der Waals surface area contributed by atoms with Crippen LogP contribution in [0.25, 0.3) is 0 Å².